The van der Waals surface area contributed by atoms with Crippen LogP contribution in [0.4, 0.5) is 5.95 Å². The lowest BCUT2D eigenvalue weighted by molar-refractivity contribution is -0.117. The normalized spacial score (nSPS) is 21.0. The van der Waals surface area contributed by atoms with Crippen LogP contribution in [0.1, 0.15) is 38.1 Å². The molecule has 1 amide bonds. The molecule has 7 heteroatoms. The number of imidazole rings is 1. The molecule has 4 rings (SSSR count). The van der Waals surface area contributed by atoms with Gasteiger partial charge in [0.05, 0.1) is 7.11 Å². The van der Waals surface area contributed by atoms with Gasteiger partial charge in [0.1, 0.15) is 5.52 Å². The highest BCUT2D eigenvalue weighted by molar-refractivity contribution is 5.91. The molecule has 1 aliphatic carbocycles. The summed E-state index contributed by atoms with van der Waals surface area (Å²) in [5.74, 6) is 1.46. The van der Waals surface area contributed by atoms with E-state index in [1.165, 1.54) is 6.42 Å². The van der Waals surface area contributed by atoms with Crippen LogP contribution in [0.5, 0.6) is 5.88 Å². The molecule has 0 spiro atoms. The average Bonchev–Trinajstić information content (AvgIpc) is 3.14. The van der Waals surface area contributed by atoms with Crippen molar-refractivity contribution in [2.75, 3.05) is 25.6 Å². The molecule has 2 aliphatic rings. The Bertz CT molecular complexity index is 748. The van der Waals surface area contributed by atoms with Crippen molar-refractivity contribution in [3.63, 3.8) is 0 Å². The quantitative estimate of drug-likeness (QED) is 0.911. The zero-order chi connectivity index (χ0) is 16.5. The Morgan fingerprint density at radius 2 is 2.25 bits per heavy atom. The third kappa shape index (κ3) is 2.84. The van der Waals surface area contributed by atoms with Gasteiger partial charge in [0.2, 0.25) is 17.7 Å². The third-order valence-corrected chi connectivity index (χ3v) is 4.91. The minimum atomic E-state index is -0.00616. The Morgan fingerprint density at radius 1 is 1.38 bits per heavy atom. The second-order valence-electron chi connectivity index (χ2n) is 6.57. The molecule has 0 radical (unpaired) electrons. The number of methoxy groups -OCH3 is 1. The molecule has 0 bridgehead atoms. The molecule has 1 atom stereocenters. The number of carbonyl (C=O) groups excluding carboxylic acids is 1. The molecular formula is C17H22N4O3. The summed E-state index contributed by atoms with van der Waals surface area (Å²) in [6.07, 6.45) is 4.80. The number of nitrogens with zero attached hydrogens (tertiary/aromatic N) is 3. The number of rotatable bonds is 5. The summed E-state index contributed by atoms with van der Waals surface area (Å²) in [6.45, 7) is 1.42. The molecular weight excluding hydrogens is 308 g/mol. The number of aromatic nitrogens is 3. The van der Waals surface area contributed by atoms with E-state index in [1.807, 2.05) is 6.07 Å². The maximum atomic E-state index is 12.4. The largest absolute Gasteiger partial charge is 0.481 e. The SMILES string of the molecule is COc1ccc2nc(NC(=O)CC3CCOC3)n(C3CCC3)c2n1. The molecule has 1 saturated heterocycles. The van der Waals surface area contributed by atoms with Gasteiger partial charge < -0.3 is 9.47 Å². The first-order valence-corrected chi connectivity index (χ1v) is 8.55. The van der Waals surface area contributed by atoms with E-state index in [4.69, 9.17) is 9.47 Å². The van der Waals surface area contributed by atoms with Gasteiger partial charge in [-0.05, 0) is 37.7 Å². The number of hydrogen-bond donors (Lipinski definition) is 1. The lowest BCUT2D eigenvalue weighted by Crippen LogP contribution is -2.23. The minimum absolute atomic E-state index is 0.00616. The molecule has 1 unspecified atom stereocenters. The molecule has 1 N–H and O–H groups in total. The number of hydrogen-bond acceptors (Lipinski definition) is 5. The number of carbonyl (C=O) groups is 1. The Balaban J connectivity index is 1.62. The van der Waals surface area contributed by atoms with Gasteiger partial charge in [0.25, 0.3) is 0 Å². The molecule has 24 heavy (non-hydrogen) atoms. The molecule has 3 heterocycles. The first-order chi connectivity index (χ1) is 11.7. The molecule has 1 saturated carbocycles. The van der Waals surface area contributed by atoms with Crippen molar-refractivity contribution < 1.29 is 14.3 Å². The predicted octanol–water partition coefficient (Wildman–Crippen LogP) is 2.53. The third-order valence-electron chi connectivity index (χ3n) is 4.91. The van der Waals surface area contributed by atoms with E-state index in [2.05, 4.69) is 19.9 Å². The van der Waals surface area contributed by atoms with Crippen molar-refractivity contribution in [1.82, 2.24) is 14.5 Å². The summed E-state index contributed by atoms with van der Waals surface area (Å²) in [5.41, 5.74) is 1.56. The van der Waals surface area contributed by atoms with Crippen LogP contribution in [0.15, 0.2) is 12.1 Å². The van der Waals surface area contributed by atoms with E-state index in [9.17, 15) is 4.79 Å². The van der Waals surface area contributed by atoms with E-state index < -0.39 is 0 Å². The summed E-state index contributed by atoms with van der Waals surface area (Å²) >= 11 is 0. The van der Waals surface area contributed by atoms with Gasteiger partial charge in [-0.1, -0.05) is 0 Å². The second kappa shape index (κ2) is 6.39. The van der Waals surface area contributed by atoms with Crippen molar-refractivity contribution in [2.24, 2.45) is 5.92 Å². The van der Waals surface area contributed by atoms with Gasteiger partial charge in [-0.25, -0.2) is 4.98 Å². The second-order valence-corrected chi connectivity index (χ2v) is 6.57. The maximum absolute atomic E-state index is 12.4. The molecule has 2 aromatic rings. The van der Waals surface area contributed by atoms with E-state index in [0.29, 0.717) is 36.8 Å². The van der Waals surface area contributed by atoms with Crippen molar-refractivity contribution in [3.05, 3.63) is 12.1 Å². The molecule has 128 valence electrons. The van der Waals surface area contributed by atoms with Crippen molar-refractivity contribution in [2.45, 2.75) is 38.1 Å². The topological polar surface area (TPSA) is 78.3 Å². The predicted molar refractivity (Wildman–Crippen MR) is 89.1 cm³/mol. The van der Waals surface area contributed by atoms with Crippen molar-refractivity contribution in [1.29, 1.82) is 0 Å². The summed E-state index contributed by atoms with van der Waals surface area (Å²) in [5, 5.41) is 2.99. The fraction of sp³-hybridized carbons (Fsp3) is 0.588. The van der Waals surface area contributed by atoms with Gasteiger partial charge in [-0.15, -0.1) is 0 Å². The first-order valence-electron chi connectivity index (χ1n) is 8.55. The lowest BCUT2D eigenvalue weighted by Gasteiger charge is -2.28. The Labute approximate surface area is 140 Å². The van der Waals surface area contributed by atoms with Gasteiger partial charge in [0.15, 0.2) is 5.65 Å². The van der Waals surface area contributed by atoms with Crippen LogP contribution >= 0.6 is 0 Å². The summed E-state index contributed by atoms with van der Waals surface area (Å²) in [4.78, 5) is 21.5. The van der Waals surface area contributed by atoms with E-state index in [1.54, 1.807) is 13.2 Å². The van der Waals surface area contributed by atoms with Crippen LogP contribution in [0.25, 0.3) is 11.2 Å². The molecule has 0 aromatic carbocycles. The van der Waals surface area contributed by atoms with Crippen LogP contribution in [0, 0.1) is 5.92 Å². The zero-order valence-corrected chi connectivity index (χ0v) is 13.8. The minimum Gasteiger partial charge on any atom is -0.481 e. The first kappa shape index (κ1) is 15.4. The van der Waals surface area contributed by atoms with E-state index in [0.717, 1.165) is 37.0 Å². The number of amides is 1. The summed E-state index contributed by atoms with van der Waals surface area (Å²) < 4.78 is 12.6. The van der Waals surface area contributed by atoms with Crippen molar-refractivity contribution >= 4 is 23.0 Å². The highest BCUT2D eigenvalue weighted by atomic mass is 16.5. The smallest absolute Gasteiger partial charge is 0.227 e. The number of anilines is 1. The fourth-order valence-electron chi connectivity index (χ4n) is 3.33. The number of nitrogens with one attached hydrogen (secondary N) is 1. The number of ether oxygens (including phenoxy) is 2. The van der Waals surface area contributed by atoms with Crippen LogP contribution in [-0.4, -0.2) is 40.8 Å². The molecule has 7 nitrogen and oxygen atoms in total. The zero-order valence-electron chi connectivity index (χ0n) is 13.8. The Kier molecular flexibility index (Phi) is 4.10. The molecule has 1 aliphatic heterocycles. The number of pyridine rings is 1. The average molecular weight is 330 g/mol. The monoisotopic (exact) mass is 330 g/mol. The van der Waals surface area contributed by atoms with Crippen LogP contribution in [0.2, 0.25) is 0 Å². The highest BCUT2D eigenvalue weighted by Gasteiger charge is 2.27. The van der Waals surface area contributed by atoms with Crippen LogP contribution < -0.4 is 10.1 Å². The Morgan fingerprint density at radius 3 is 2.92 bits per heavy atom. The molecule has 2 fully saturated rings. The Hall–Kier alpha value is -2.15. The van der Waals surface area contributed by atoms with Crippen LogP contribution in [-0.2, 0) is 9.53 Å². The van der Waals surface area contributed by atoms with Gasteiger partial charge in [-0.2, -0.15) is 4.98 Å². The maximum Gasteiger partial charge on any atom is 0.227 e. The molecule has 2 aromatic heterocycles. The van der Waals surface area contributed by atoms with Crippen molar-refractivity contribution in [3.8, 4) is 5.88 Å². The van der Waals surface area contributed by atoms with Crippen LogP contribution in [0.3, 0.4) is 0 Å². The van der Waals surface area contributed by atoms with Gasteiger partial charge >= 0.3 is 0 Å². The van der Waals surface area contributed by atoms with E-state index >= 15 is 0 Å². The standard InChI is InChI=1S/C17H22N4O3/c1-23-15-6-5-13-16(20-15)21(12-3-2-4-12)17(18-13)19-14(22)9-11-7-8-24-10-11/h5-6,11-12H,2-4,7-10H2,1H3,(H,18,19,22). The highest BCUT2D eigenvalue weighted by Crippen LogP contribution is 2.37. The summed E-state index contributed by atoms with van der Waals surface area (Å²) in [6, 6.07) is 4.03. The number of fused-ring (bicyclic) bond motifs is 1. The lowest BCUT2D eigenvalue weighted by atomic mass is 9.93. The summed E-state index contributed by atoms with van der Waals surface area (Å²) in [7, 11) is 1.60. The van der Waals surface area contributed by atoms with E-state index in [-0.39, 0.29) is 5.91 Å². The fourth-order valence-corrected chi connectivity index (χ4v) is 3.33. The van der Waals surface area contributed by atoms with Gasteiger partial charge in [0, 0.05) is 31.7 Å². The van der Waals surface area contributed by atoms with Gasteiger partial charge in [-0.3, -0.25) is 14.7 Å².